The summed E-state index contributed by atoms with van der Waals surface area (Å²) in [6, 6.07) is 6.64. The Labute approximate surface area is 168 Å². The Morgan fingerprint density at radius 2 is 1.97 bits per heavy atom. The highest BCUT2D eigenvalue weighted by molar-refractivity contribution is 6.46. The molecule has 4 rings (SSSR count). The molecule has 0 aliphatic carbocycles. The van der Waals surface area contributed by atoms with E-state index in [1.54, 1.807) is 47.8 Å². The summed E-state index contributed by atoms with van der Waals surface area (Å²) < 4.78 is 0. The molecule has 1 aliphatic rings. The van der Waals surface area contributed by atoms with Crippen LogP contribution in [0.3, 0.4) is 0 Å². The number of rotatable bonds is 3. The molecule has 0 radical (unpaired) electrons. The Morgan fingerprint density at radius 1 is 1.14 bits per heavy atom. The molecule has 9 heteroatoms. The minimum Gasteiger partial charge on any atom is -0.360 e. The number of hydrogen-bond donors (Lipinski definition) is 1. The summed E-state index contributed by atoms with van der Waals surface area (Å²) in [5.74, 6) is -1.29. The summed E-state index contributed by atoms with van der Waals surface area (Å²) in [5, 5.41) is 0.687. The van der Waals surface area contributed by atoms with Gasteiger partial charge in [0.25, 0.3) is 17.6 Å². The summed E-state index contributed by atoms with van der Waals surface area (Å²) in [6.45, 7) is 2.85. The lowest BCUT2D eigenvalue weighted by molar-refractivity contribution is -0.130. The van der Waals surface area contributed by atoms with Crippen molar-refractivity contribution in [2.24, 2.45) is 0 Å². The first-order valence-electron chi connectivity index (χ1n) is 9.45. The predicted octanol–water partition coefficient (Wildman–Crippen LogP) is -0.228. The molecule has 0 spiro atoms. The Kier molecular flexibility index (Phi) is 4.88. The maximum Gasteiger partial charge on any atom is 0.295 e. The Morgan fingerprint density at radius 3 is 2.69 bits per heavy atom. The van der Waals surface area contributed by atoms with Gasteiger partial charge in [-0.15, -0.1) is 0 Å². The second-order valence-corrected chi connectivity index (χ2v) is 7.16. The highest BCUT2D eigenvalue weighted by Crippen LogP contribution is 2.19. The number of piperazine rings is 1. The molecule has 2 amide bonds. The molecule has 1 N–H and O–H groups in total. The van der Waals surface area contributed by atoms with Gasteiger partial charge < -0.3 is 14.8 Å². The zero-order chi connectivity index (χ0) is 20.5. The van der Waals surface area contributed by atoms with E-state index in [2.05, 4.69) is 15.0 Å². The summed E-state index contributed by atoms with van der Waals surface area (Å²) in [7, 11) is 1.84. The fourth-order valence-corrected chi connectivity index (χ4v) is 3.72. The molecule has 1 aliphatic heterocycles. The van der Waals surface area contributed by atoms with Crippen LogP contribution >= 0.6 is 0 Å². The van der Waals surface area contributed by atoms with Crippen LogP contribution in [0.1, 0.15) is 27.8 Å². The molecule has 3 aromatic heterocycles. The van der Waals surface area contributed by atoms with E-state index >= 15 is 0 Å². The number of H-pyrrole nitrogens is 1. The topological polar surface area (TPSA) is 99.3 Å². The normalized spacial score (nSPS) is 16.8. The van der Waals surface area contributed by atoms with E-state index < -0.39 is 11.7 Å². The number of fused-ring (bicyclic) bond motifs is 1. The number of nitrogens with one attached hydrogen (secondary N) is 1. The van der Waals surface area contributed by atoms with E-state index in [4.69, 9.17) is 0 Å². The summed E-state index contributed by atoms with van der Waals surface area (Å²) in [6.07, 6.45) is 4.76. The van der Waals surface area contributed by atoms with Crippen LogP contribution < -0.4 is 5.59 Å². The van der Waals surface area contributed by atoms with Crippen molar-refractivity contribution >= 4 is 41.9 Å². The zero-order valence-electron chi connectivity index (χ0n) is 16.3. The molecular formula is C20H20BN5O3. The predicted molar refractivity (Wildman–Crippen MR) is 110 cm³/mol. The number of amides is 2. The van der Waals surface area contributed by atoms with Crippen molar-refractivity contribution in [3.05, 3.63) is 54.1 Å². The third-order valence-corrected chi connectivity index (χ3v) is 5.29. The highest BCUT2D eigenvalue weighted by atomic mass is 16.2. The highest BCUT2D eigenvalue weighted by Gasteiger charge is 2.34. The minimum absolute atomic E-state index is 0.171. The first-order valence-corrected chi connectivity index (χ1v) is 9.45. The number of Topliss-reactive ketones (excluding diaryl/α,β-unsaturated/α-hetero) is 1. The van der Waals surface area contributed by atoms with Crippen LogP contribution in [0, 0.1) is 0 Å². The van der Waals surface area contributed by atoms with Crippen LogP contribution in [0.15, 0.2) is 42.9 Å². The summed E-state index contributed by atoms with van der Waals surface area (Å²) in [4.78, 5) is 52.9. The lowest BCUT2D eigenvalue weighted by Gasteiger charge is -2.39. The molecule has 1 saturated heterocycles. The van der Waals surface area contributed by atoms with Crippen molar-refractivity contribution in [3.8, 4) is 0 Å². The summed E-state index contributed by atoms with van der Waals surface area (Å²) in [5.41, 5.74) is 2.24. The fourth-order valence-electron chi connectivity index (χ4n) is 3.72. The molecule has 29 heavy (non-hydrogen) atoms. The lowest BCUT2D eigenvalue weighted by Crippen LogP contribution is -2.56. The van der Waals surface area contributed by atoms with E-state index in [1.165, 1.54) is 4.90 Å². The van der Waals surface area contributed by atoms with E-state index in [-0.39, 0.29) is 11.9 Å². The minimum atomic E-state index is -0.558. The zero-order valence-corrected chi connectivity index (χ0v) is 16.3. The van der Waals surface area contributed by atoms with Crippen LogP contribution in [0.4, 0.5) is 0 Å². The number of pyridine rings is 2. The first kappa shape index (κ1) is 18.9. The van der Waals surface area contributed by atoms with Gasteiger partial charge in [-0.25, -0.2) is 0 Å². The van der Waals surface area contributed by atoms with Crippen molar-refractivity contribution in [1.29, 1.82) is 0 Å². The first-order chi connectivity index (χ1) is 14.0. The molecule has 8 nitrogen and oxygen atoms in total. The average molecular weight is 389 g/mol. The second-order valence-electron chi connectivity index (χ2n) is 7.16. The van der Waals surface area contributed by atoms with Gasteiger partial charge in [-0.05, 0) is 25.1 Å². The van der Waals surface area contributed by atoms with Crippen LogP contribution in [-0.4, -0.2) is 75.9 Å². The molecular weight excluding hydrogens is 369 g/mol. The number of carbonyl (C=O) groups is 3. The van der Waals surface area contributed by atoms with Crippen LogP contribution in [0.25, 0.3) is 10.9 Å². The third-order valence-electron chi connectivity index (χ3n) is 5.29. The van der Waals surface area contributed by atoms with E-state index in [0.717, 1.165) is 11.1 Å². The molecule has 0 aromatic carbocycles. The SMILES string of the molecule is Bc1nccc2c(C(=O)C(=O)N3CCN(C(=O)c4ccccn4)CC3C)c[nH]c12. The van der Waals surface area contributed by atoms with Gasteiger partial charge in [0.1, 0.15) is 5.69 Å². The quantitative estimate of drug-likeness (QED) is 0.379. The molecule has 1 unspecified atom stereocenters. The Hall–Kier alpha value is -3.49. The molecule has 3 aromatic rings. The molecule has 0 saturated carbocycles. The number of nitrogens with zero attached hydrogens (tertiary/aromatic N) is 4. The standard InChI is InChI=1S/C20H20BN5O3/c1-12-11-25(19(28)15-4-2-3-6-22-15)8-9-26(12)20(29)17(27)14-10-24-16-13(14)5-7-23-18(16)21/h2-7,10,12,24H,8-9,11,21H2,1H3. The van der Waals surface area contributed by atoms with E-state index in [9.17, 15) is 14.4 Å². The number of ketones is 1. The maximum absolute atomic E-state index is 12.9. The van der Waals surface area contributed by atoms with E-state index in [1.807, 2.05) is 14.8 Å². The van der Waals surface area contributed by atoms with Crippen molar-refractivity contribution in [1.82, 2.24) is 24.8 Å². The molecule has 4 heterocycles. The number of hydrogen-bond acceptors (Lipinski definition) is 5. The molecule has 1 fully saturated rings. The third kappa shape index (κ3) is 3.39. The molecule has 146 valence electrons. The van der Waals surface area contributed by atoms with Gasteiger partial charge in [-0.3, -0.25) is 24.4 Å². The molecule has 1 atom stereocenters. The van der Waals surface area contributed by atoms with Crippen LogP contribution in [0.2, 0.25) is 0 Å². The monoisotopic (exact) mass is 389 g/mol. The number of carbonyl (C=O) groups excluding carboxylic acids is 3. The van der Waals surface area contributed by atoms with Gasteiger partial charge in [0.05, 0.1) is 11.1 Å². The van der Waals surface area contributed by atoms with Gasteiger partial charge in [0, 0.05) is 55.2 Å². The van der Waals surface area contributed by atoms with Gasteiger partial charge >= 0.3 is 0 Å². The van der Waals surface area contributed by atoms with Crippen molar-refractivity contribution in [3.63, 3.8) is 0 Å². The largest absolute Gasteiger partial charge is 0.360 e. The summed E-state index contributed by atoms with van der Waals surface area (Å²) >= 11 is 0. The van der Waals surface area contributed by atoms with Gasteiger partial charge in [0.2, 0.25) is 0 Å². The van der Waals surface area contributed by atoms with Gasteiger partial charge in [0.15, 0.2) is 7.85 Å². The second kappa shape index (κ2) is 7.50. The van der Waals surface area contributed by atoms with Crippen molar-refractivity contribution in [2.75, 3.05) is 19.6 Å². The molecule has 0 bridgehead atoms. The van der Waals surface area contributed by atoms with Crippen molar-refractivity contribution in [2.45, 2.75) is 13.0 Å². The van der Waals surface area contributed by atoms with Crippen LogP contribution in [-0.2, 0) is 4.79 Å². The number of aromatic nitrogens is 3. The smallest absolute Gasteiger partial charge is 0.295 e. The van der Waals surface area contributed by atoms with Crippen LogP contribution in [0.5, 0.6) is 0 Å². The average Bonchev–Trinajstić information content (AvgIpc) is 3.18. The lowest BCUT2D eigenvalue weighted by atomic mass is 9.99. The van der Waals surface area contributed by atoms with E-state index in [0.29, 0.717) is 36.3 Å². The fraction of sp³-hybridized carbons (Fsp3) is 0.250. The number of aromatic amines is 1. The van der Waals surface area contributed by atoms with Gasteiger partial charge in [-0.2, -0.15) is 0 Å². The van der Waals surface area contributed by atoms with Gasteiger partial charge in [-0.1, -0.05) is 6.07 Å². The van der Waals surface area contributed by atoms with Crippen molar-refractivity contribution < 1.29 is 14.4 Å². The maximum atomic E-state index is 12.9. The Balaban J connectivity index is 1.49. The Bertz CT molecular complexity index is 1100.